The van der Waals surface area contributed by atoms with Gasteiger partial charge in [0.1, 0.15) is 0 Å². The lowest BCUT2D eigenvalue weighted by atomic mass is 9.78. The average molecular weight is 238 g/mol. The molecule has 17 heavy (non-hydrogen) atoms. The molecule has 3 atom stereocenters. The van der Waals surface area contributed by atoms with Gasteiger partial charge in [-0.15, -0.1) is 0 Å². The molecule has 100 valence electrons. The third-order valence-electron chi connectivity index (χ3n) is 4.88. The Bertz CT molecular complexity index is 209. The first kappa shape index (κ1) is 13.4. The maximum Gasteiger partial charge on any atom is 0.0138 e. The highest BCUT2D eigenvalue weighted by atomic mass is 15.2. The fourth-order valence-electron chi connectivity index (χ4n) is 3.74. The van der Waals surface area contributed by atoms with E-state index < -0.39 is 0 Å². The Morgan fingerprint density at radius 3 is 2.29 bits per heavy atom. The molecule has 0 aromatic rings. The van der Waals surface area contributed by atoms with Crippen molar-refractivity contribution < 1.29 is 0 Å². The lowest BCUT2D eigenvalue weighted by Crippen LogP contribution is -2.47. The van der Waals surface area contributed by atoms with Gasteiger partial charge in [-0.1, -0.05) is 32.6 Å². The van der Waals surface area contributed by atoms with E-state index in [1.54, 1.807) is 0 Å². The normalized spacial score (nSPS) is 37.4. The Kier molecular flexibility index (Phi) is 5.30. The molecule has 1 saturated carbocycles. The molecule has 1 saturated heterocycles. The van der Waals surface area contributed by atoms with Crippen LogP contribution in [0, 0.1) is 11.8 Å². The van der Waals surface area contributed by atoms with Crippen molar-refractivity contribution in [3.8, 4) is 0 Å². The van der Waals surface area contributed by atoms with E-state index >= 15 is 0 Å². The van der Waals surface area contributed by atoms with Crippen molar-refractivity contribution in [3.63, 3.8) is 0 Å². The predicted molar refractivity (Wildman–Crippen MR) is 74.0 cm³/mol. The van der Waals surface area contributed by atoms with Crippen LogP contribution in [0.15, 0.2) is 0 Å². The maximum absolute atomic E-state index is 5.99. The van der Waals surface area contributed by atoms with E-state index in [2.05, 4.69) is 11.8 Å². The van der Waals surface area contributed by atoms with E-state index in [4.69, 9.17) is 5.73 Å². The van der Waals surface area contributed by atoms with Crippen LogP contribution in [0.2, 0.25) is 0 Å². The summed E-state index contributed by atoms with van der Waals surface area (Å²) in [4.78, 5) is 2.78. The van der Waals surface area contributed by atoms with Gasteiger partial charge in [-0.05, 0) is 57.2 Å². The molecular weight excluding hydrogens is 208 g/mol. The van der Waals surface area contributed by atoms with Crippen molar-refractivity contribution in [2.75, 3.05) is 19.6 Å². The summed E-state index contributed by atoms with van der Waals surface area (Å²) in [5, 5.41) is 0. The van der Waals surface area contributed by atoms with Crippen LogP contribution in [-0.2, 0) is 0 Å². The van der Waals surface area contributed by atoms with Gasteiger partial charge in [-0.3, -0.25) is 0 Å². The first-order valence-corrected chi connectivity index (χ1v) is 7.75. The average Bonchev–Trinajstić information content (AvgIpc) is 2.28. The summed E-state index contributed by atoms with van der Waals surface area (Å²) >= 11 is 0. The van der Waals surface area contributed by atoms with E-state index in [1.807, 2.05) is 0 Å². The molecule has 2 heteroatoms. The number of nitrogens with zero attached hydrogens (tertiary/aromatic N) is 1. The Labute approximate surface area is 107 Å². The standard InChI is InChI=1S/C15H30N2/c1-13-7-8-14(12-16)15(11-13)17-9-5-3-2-4-6-10-17/h13-15H,2-12,16H2,1H3. The zero-order valence-corrected chi connectivity index (χ0v) is 11.5. The molecule has 0 aromatic carbocycles. The van der Waals surface area contributed by atoms with Gasteiger partial charge < -0.3 is 10.6 Å². The van der Waals surface area contributed by atoms with Crippen molar-refractivity contribution in [2.24, 2.45) is 17.6 Å². The van der Waals surface area contributed by atoms with Crippen molar-refractivity contribution >= 4 is 0 Å². The van der Waals surface area contributed by atoms with E-state index in [-0.39, 0.29) is 0 Å². The topological polar surface area (TPSA) is 29.3 Å². The van der Waals surface area contributed by atoms with Crippen LogP contribution in [0.1, 0.15) is 58.3 Å². The predicted octanol–water partition coefficient (Wildman–Crippen LogP) is 3.02. The molecule has 0 spiro atoms. The molecule has 1 aliphatic carbocycles. The molecule has 2 fully saturated rings. The Balaban J connectivity index is 1.95. The van der Waals surface area contributed by atoms with Crippen LogP contribution in [0.3, 0.4) is 0 Å². The summed E-state index contributed by atoms with van der Waals surface area (Å²) in [5.74, 6) is 1.68. The quantitative estimate of drug-likeness (QED) is 0.801. The van der Waals surface area contributed by atoms with E-state index in [0.717, 1.165) is 24.4 Å². The summed E-state index contributed by atoms with van der Waals surface area (Å²) in [6, 6.07) is 0.793. The monoisotopic (exact) mass is 238 g/mol. The fourth-order valence-corrected chi connectivity index (χ4v) is 3.74. The maximum atomic E-state index is 5.99. The molecule has 2 aliphatic rings. The number of nitrogens with two attached hydrogens (primary N) is 1. The molecule has 2 nitrogen and oxygen atoms in total. The Morgan fingerprint density at radius 1 is 1.00 bits per heavy atom. The second-order valence-electron chi connectivity index (χ2n) is 6.29. The highest BCUT2D eigenvalue weighted by Crippen LogP contribution is 2.32. The minimum absolute atomic E-state index is 0.769. The molecule has 3 unspecified atom stereocenters. The molecule has 2 N–H and O–H groups in total. The van der Waals surface area contributed by atoms with Gasteiger partial charge in [-0.2, -0.15) is 0 Å². The summed E-state index contributed by atoms with van der Waals surface area (Å²) in [6.45, 7) is 5.97. The van der Waals surface area contributed by atoms with Gasteiger partial charge >= 0.3 is 0 Å². The highest BCUT2D eigenvalue weighted by molar-refractivity contribution is 4.86. The fraction of sp³-hybridized carbons (Fsp3) is 1.00. The van der Waals surface area contributed by atoms with Crippen molar-refractivity contribution in [1.29, 1.82) is 0 Å². The van der Waals surface area contributed by atoms with Crippen molar-refractivity contribution in [2.45, 2.75) is 64.3 Å². The largest absolute Gasteiger partial charge is 0.330 e. The summed E-state index contributed by atoms with van der Waals surface area (Å²) in [7, 11) is 0. The Morgan fingerprint density at radius 2 is 1.65 bits per heavy atom. The second-order valence-corrected chi connectivity index (χ2v) is 6.29. The molecule has 1 aliphatic heterocycles. The Hall–Kier alpha value is -0.0800. The van der Waals surface area contributed by atoms with Gasteiger partial charge in [0.2, 0.25) is 0 Å². The van der Waals surface area contributed by atoms with E-state index in [9.17, 15) is 0 Å². The van der Waals surface area contributed by atoms with E-state index in [0.29, 0.717) is 0 Å². The van der Waals surface area contributed by atoms with Crippen LogP contribution in [0.5, 0.6) is 0 Å². The van der Waals surface area contributed by atoms with E-state index in [1.165, 1.54) is 64.5 Å². The third kappa shape index (κ3) is 3.69. The summed E-state index contributed by atoms with van der Waals surface area (Å²) in [5.41, 5.74) is 5.99. The number of hydrogen-bond donors (Lipinski definition) is 1. The highest BCUT2D eigenvalue weighted by Gasteiger charge is 2.31. The van der Waals surface area contributed by atoms with Crippen LogP contribution in [0.4, 0.5) is 0 Å². The minimum atomic E-state index is 0.769. The lowest BCUT2D eigenvalue weighted by molar-refractivity contribution is 0.0786. The summed E-state index contributed by atoms with van der Waals surface area (Å²) < 4.78 is 0. The molecule has 0 amide bonds. The van der Waals surface area contributed by atoms with Crippen LogP contribution >= 0.6 is 0 Å². The van der Waals surface area contributed by atoms with Crippen LogP contribution < -0.4 is 5.73 Å². The molecule has 1 heterocycles. The van der Waals surface area contributed by atoms with Gasteiger partial charge in [0, 0.05) is 6.04 Å². The first-order chi connectivity index (χ1) is 8.31. The lowest BCUT2D eigenvalue weighted by Gasteiger charge is -2.42. The molecule has 2 rings (SSSR count). The SMILES string of the molecule is CC1CCC(CN)C(N2CCCCCCC2)C1. The van der Waals surface area contributed by atoms with Gasteiger partial charge in [0.15, 0.2) is 0 Å². The van der Waals surface area contributed by atoms with Crippen LogP contribution in [0.25, 0.3) is 0 Å². The zero-order chi connectivity index (χ0) is 12.1. The van der Waals surface area contributed by atoms with Gasteiger partial charge in [0.05, 0.1) is 0 Å². The second kappa shape index (κ2) is 6.75. The zero-order valence-electron chi connectivity index (χ0n) is 11.5. The number of hydrogen-bond acceptors (Lipinski definition) is 2. The first-order valence-electron chi connectivity index (χ1n) is 7.75. The third-order valence-corrected chi connectivity index (χ3v) is 4.88. The van der Waals surface area contributed by atoms with Crippen molar-refractivity contribution in [3.05, 3.63) is 0 Å². The van der Waals surface area contributed by atoms with Crippen molar-refractivity contribution in [1.82, 2.24) is 4.90 Å². The van der Waals surface area contributed by atoms with Gasteiger partial charge in [0.25, 0.3) is 0 Å². The molecule has 0 aromatic heterocycles. The summed E-state index contributed by atoms with van der Waals surface area (Å²) in [6.07, 6.45) is 11.3. The van der Waals surface area contributed by atoms with Gasteiger partial charge in [-0.25, -0.2) is 0 Å². The number of rotatable bonds is 2. The molecule has 0 bridgehead atoms. The molecule has 0 radical (unpaired) electrons. The smallest absolute Gasteiger partial charge is 0.0138 e. The number of likely N-dealkylation sites (tertiary alicyclic amines) is 1. The molecular formula is C15H30N2. The van der Waals surface area contributed by atoms with Crippen LogP contribution in [-0.4, -0.2) is 30.6 Å². The minimum Gasteiger partial charge on any atom is -0.330 e.